The monoisotopic (exact) mass is 380 g/mol. The van der Waals surface area contributed by atoms with Gasteiger partial charge in [0.2, 0.25) is 5.91 Å². The minimum Gasteiger partial charge on any atom is -0.370 e. The molecule has 0 saturated heterocycles. The molecule has 3 nitrogen and oxygen atoms in total. The number of carbonyl (C=O) groups excluding carboxylic acids is 1. The number of primary amides is 1. The van der Waals surface area contributed by atoms with Crippen molar-refractivity contribution in [3.63, 3.8) is 0 Å². The summed E-state index contributed by atoms with van der Waals surface area (Å²) in [4.78, 5) is 10.9. The molecule has 0 aliphatic heterocycles. The van der Waals surface area contributed by atoms with Crippen LogP contribution >= 0.6 is 0 Å². The lowest BCUT2D eigenvalue weighted by molar-refractivity contribution is -0.118. The standard InChI is InChI=1S/C23H28N2O.C2H6.H2/c1-18(19-11-5-3-6-12-19)22(20-13-7-4-8-14-20)17-21(25-2)15-9-10-16-23(24)26;1-2;/h3-8,11-14,17,21,25H,1,9-10,15-16H2,2H3,(H2,24,26);1-2H3;1H/b22-17+;;. The number of nitrogens with two attached hydrogens (primary N) is 1. The van der Waals surface area contributed by atoms with Gasteiger partial charge in [0.25, 0.3) is 0 Å². The first-order valence-corrected chi connectivity index (χ1v) is 10.1. The van der Waals surface area contributed by atoms with Gasteiger partial charge in [0.1, 0.15) is 0 Å². The number of hydrogen-bond donors (Lipinski definition) is 2. The molecule has 0 aromatic heterocycles. The fraction of sp³-hybridized carbons (Fsp3) is 0.320. The zero-order chi connectivity index (χ0) is 20.8. The van der Waals surface area contributed by atoms with E-state index in [1.165, 1.54) is 0 Å². The van der Waals surface area contributed by atoms with E-state index in [4.69, 9.17) is 5.73 Å². The van der Waals surface area contributed by atoms with Gasteiger partial charge in [0.15, 0.2) is 0 Å². The second-order valence-corrected chi connectivity index (χ2v) is 6.40. The second-order valence-electron chi connectivity index (χ2n) is 6.40. The maximum absolute atomic E-state index is 10.9. The van der Waals surface area contributed by atoms with Crippen molar-refractivity contribution >= 4 is 17.1 Å². The van der Waals surface area contributed by atoms with E-state index in [2.05, 4.69) is 42.2 Å². The molecule has 0 bridgehead atoms. The molecule has 1 amide bonds. The molecule has 1 unspecified atom stereocenters. The van der Waals surface area contributed by atoms with Crippen LogP contribution in [0.15, 0.2) is 73.3 Å². The number of carbonyl (C=O) groups is 1. The smallest absolute Gasteiger partial charge is 0.217 e. The van der Waals surface area contributed by atoms with Crippen LogP contribution < -0.4 is 11.1 Å². The molecule has 0 saturated carbocycles. The zero-order valence-corrected chi connectivity index (χ0v) is 17.4. The van der Waals surface area contributed by atoms with Gasteiger partial charge in [0, 0.05) is 13.9 Å². The van der Waals surface area contributed by atoms with Crippen molar-refractivity contribution in [2.45, 2.75) is 45.6 Å². The van der Waals surface area contributed by atoms with E-state index >= 15 is 0 Å². The molecule has 28 heavy (non-hydrogen) atoms. The normalized spacial score (nSPS) is 11.9. The van der Waals surface area contributed by atoms with Gasteiger partial charge in [0.05, 0.1) is 0 Å². The first-order chi connectivity index (χ1) is 13.6. The van der Waals surface area contributed by atoms with Crippen LogP contribution in [0.4, 0.5) is 0 Å². The summed E-state index contributed by atoms with van der Waals surface area (Å²) in [5.41, 5.74) is 9.63. The number of hydrogen-bond acceptors (Lipinski definition) is 2. The first kappa shape index (κ1) is 23.4. The average molecular weight is 381 g/mol. The molecule has 2 aromatic carbocycles. The topological polar surface area (TPSA) is 55.1 Å². The van der Waals surface area contributed by atoms with Crippen LogP contribution in [0.3, 0.4) is 0 Å². The molecule has 0 heterocycles. The molecule has 2 rings (SSSR count). The highest BCUT2D eigenvalue weighted by Gasteiger charge is 2.12. The van der Waals surface area contributed by atoms with Crippen molar-refractivity contribution in [2.24, 2.45) is 5.73 Å². The highest BCUT2D eigenvalue weighted by molar-refractivity contribution is 6.04. The summed E-state index contributed by atoms with van der Waals surface area (Å²) in [5.74, 6) is -0.232. The van der Waals surface area contributed by atoms with Gasteiger partial charge in [-0.05, 0) is 42.2 Å². The van der Waals surface area contributed by atoms with E-state index in [9.17, 15) is 4.79 Å². The zero-order valence-electron chi connectivity index (χ0n) is 17.4. The van der Waals surface area contributed by atoms with Gasteiger partial charge in [-0.1, -0.05) is 93.6 Å². The summed E-state index contributed by atoms with van der Waals surface area (Å²) < 4.78 is 0. The highest BCUT2D eigenvalue weighted by Crippen LogP contribution is 2.30. The fourth-order valence-corrected chi connectivity index (χ4v) is 2.96. The number of unbranched alkanes of at least 4 members (excludes halogenated alkanes) is 1. The van der Waals surface area contributed by atoms with E-state index < -0.39 is 0 Å². The van der Waals surface area contributed by atoms with Crippen molar-refractivity contribution < 1.29 is 6.22 Å². The number of nitrogens with one attached hydrogen (secondary N) is 1. The van der Waals surface area contributed by atoms with Gasteiger partial charge in [-0.2, -0.15) is 0 Å². The van der Waals surface area contributed by atoms with Crippen LogP contribution in [0, 0.1) is 0 Å². The lowest BCUT2D eigenvalue weighted by atomic mass is 9.91. The Hall–Kier alpha value is -2.65. The summed E-state index contributed by atoms with van der Waals surface area (Å²) in [6.45, 7) is 8.35. The van der Waals surface area contributed by atoms with Gasteiger partial charge in [-0.3, -0.25) is 4.79 Å². The highest BCUT2D eigenvalue weighted by atomic mass is 16.1. The van der Waals surface area contributed by atoms with E-state index in [0.29, 0.717) is 6.42 Å². The van der Waals surface area contributed by atoms with Gasteiger partial charge >= 0.3 is 0 Å². The van der Waals surface area contributed by atoms with Crippen molar-refractivity contribution in [1.82, 2.24) is 5.32 Å². The summed E-state index contributed by atoms with van der Waals surface area (Å²) in [7, 11) is 1.96. The van der Waals surface area contributed by atoms with E-state index in [-0.39, 0.29) is 13.4 Å². The maximum Gasteiger partial charge on any atom is 0.217 e. The predicted octanol–water partition coefficient (Wildman–Crippen LogP) is 5.69. The fourth-order valence-electron chi connectivity index (χ4n) is 2.96. The van der Waals surface area contributed by atoms with Crippen LogP contribution in [0.2, 0.25) is 0 Å². The van der Waals surface area contributed by atoms with Crippen LogP contribution in [0.5, 0.6) is 0 Å². The first-order valence-electron chi connectivity index (χ1n) is 10.1. The van der Waals surface area contributed by atoms with E-state index in [0.717, 1.165) is 41.5 Å². The Labute approximate surface area is 171 Å². The Morgan fingerprint density at radius 1 is 1.04 bits per heavy atom. The third-order valence-electron chi connectivity index (χ3n) is 4.46. The average Bonchev–Trinajstić information content (AvgIpc) is 2.75. The number of benzene rings is 2. The molecular formula is C25H36N2O. The van der Waals surface area contributed by atoms with Gasteiger partial charge in [-0.25, -0.2) is 0 Å². The molecular weight excluding hydrogens is 344 g/mol. The maximum atomic E-state index is 10.9. The number of rotatable bonds is 10. The van der Waals surface area contributed by atoms with Crippen LogP contribution in [0.1, 0.15) is 52.1 Å². The minimum absolute atomic E-state index is 0. The largest absolute Gasteiger partial charge is 0.370 e. The molecule has 0 spiro atoms. The van der Waals surface area contributed by atoms with Crippen molar-refractivity contribution in [1.29, 1.82) is 0 Å². The summed E-state index contributed by atoms with van der Waals surface area (Å²) >= 11 is 0. The molecule has 1 atom stereocenters. The molecule has 0 radical (unpaired) electrons. The second kappa shape index (κ2) is 13.5. The molecule has 2 aromatic rings. The summed E-state index contributed by atoms with van der Waals surface area (Å²) in [6, 6.07) is 20.8. The molecule has 152 valence electrons. The van der Waals surface area contributed by atoms with Crippen molar-refractivity contribution in [3.05, 3.63) is 84.4 Å². The lowest BCUT2D eigenvalue weighted by Crippen LogP contribution is -2.23. The minimum atomic E-state index is -0.232. The summed E-state index contributed by atoms with van der Waals surface area (Å²) in [6.07, 6.45) is 5.41. The van der Waals surface area contributed by atoms with Crippen LogP contribution in [0.25, 0.3) is 11.1 Å². The van der Waals surface area contributed by atoms with Crippen LogP contribution in [-0.2, 0) is 4.79 Å². The Balaban J connectivity index is 0.00000253. The van der Waals surface area contributed by atoms with Gasteiger partial charge < -0.3 is 11.1 Å². The third-order valence-corrected chi connectivity index (χ3v) is 4.46. The number of likely N-dealkylation sites (N-methyl/N-ethyl adjacent to an activating group) is 1. The Kier molecular flexibility index (Phi) is 11.3. The lowest BCUT2D eigenvalue weighted by Gasteiger charge is -2.17. The van der Waals surface area contributed by atoms with Crippen LogP contribution in [-0.4, -0.2) is 19.0 Å². The molecule has 3 N–H and O–H groups in total. The third kappa shape index (κ3) is 7.93. The van der Waals surface area contributed by atoms with E-state index in [1.54, 1.807) is 0 Å². The van der Waals surface area contributed by atoms with Crippen molar-refractivity contribution in [2.75, 3.05) is 7.05 Å². The molecule has 0 aliphatic carbocycles. The number of amides is 1. The Morgan fingerprint density at radius 3 is 2.07 bits per heavy atom. The Morgan fingerprint density at radius 2 is 1.57 bits per heavy atom. The van der Waals surface area contributed by atoms with Crippen molar-refractivity contribution in [3.8, 4) is 0 Å². The quantitative estimate of drug-likeness (QED) is 0.411. The molecule has 3 heteroatoms. The SMILES string of the molecule is C=C(/C(=C\C(CCCCC(N)=O)NC)c1ccccc1)c1ccccc1.CC.[HH]. The Bertz CT molecular complexity index is 742. The van der Waals surface area contributed by atoms with E-state index in [1.807, 2.05) is 57.3 Å². The molecule has 0 fully saturated rings. The predicted molar refractivity (Wildman–Crippen MR) is 124 cm³/mol. The van der Waals surface area contributed by atoms with Gasteiger partial charge in [-0.15, -0.1) is 0 Å². The number of allylic oxidation sites excluding steroid dienone is 2. The summed E-state index contributed by atoms with van der Waals surface area (Å²) in [5, 5.41) is 3.36. The molecule has 0 aliphatic rings.